The highest BCUT2D eigenvalue weighted by Gasteiger charge is 2.31. The van der Waals surface area contributed by atoms with Gasteiger partial charge in [-0.05, 0) is 31.4 Å². The van der Waals surface area contributed by atoms with E-state index in [0.29, 0.717) is 23.3 Å². The second kappa shape index (κ2) is 5.08. The monoisotopic (exact) mass is 275 g/mol. The molecule has 2 heterocycles. The van der Waals surface area contributed by atoms with Crippen molar-refractivity contribution in [3.05, 3.63) is 23.4 Å². The van der Waals surface area contributed by atoms with Gasteiger partial charge in [0.1, 0.15) is 5.82 Å². The lowest BCUT2D eigenvalue weighted by atomic mass is 9.90. The molecule has 1 saturated heterocycles. The maximum Gasteiger partial charge on any atom is 0.254 e. The maximum atomic E-state index is 12.7. The number of aromatic nitrogens is 1. The first-order chi connectivity index (χ1) is 9.18. The van der Waals surface area contributed by atoms with Crippen LogP contribution in [0.4, 0.5) is 5.82 Å². The number of pyridine rings is 1. The first kappa shape index (κ1) is 14.8. The first-order valence-corrected chi connectivity index (χ1v) is 7.27. The molecular formula is C16H25N3O. The van der Waals surface area contributed by atoms with Crippen molar-refractivity contribution < 1.29 is 4.79 Å². The van der Waals surface area contributed by atoms with Gasteiger partial charge in [0.2, 0.25) is 0 Å². The number of amides is 1. The number of likely N-dealkylation sites (tertiary alicyclic amines) is 1. The van der Waals surface area contributed by atoms with E-state index < -0.39 is 0 Å². The van der Waals surface area contributed by atoms with Gasteiger partial charge in [-0.25, -0.2) is 4.98 Å². The molecule has 0 saturated carbocycles. The molecule has 2 rings (SSSR count). The van der Waals surface area contributed by atoms with Crippen LogP contribution in [0.2, 0.25) is 0 Å². The molecule has 0 spiro atoms. The Morgan fingerprint density at radius 3 is 2.50 bits per heavy atom. The number of nitrogens with zero attached hydrogens (tertiary/aromatic N) is 2. The van der Waals surface area contributed by atoms with E-state index in [0.717, 1.165) is 18.7 Å². The Kier molecular flexibility index (Phi) is 3.76. The molecule has 0 bridgehead atoms. The molecule has 0 aliphatic carbocycles. The molecule has 0 radical (unpaired) electrons. The summed E-state index contributed by atoms with van der Waals surface area (Å²) in [7, 11) is 0. The normalized spacial score (nSPS) is 23.1. The average molecular weight is 275 g/mol. The number of anilines is 1. The fraction of sp³-hybridized carbons (Fsp3) is 0.625. The molecule has 1 fully saturated rings. The Morgan fingerprint density at radius 2 is 2.00 bits per heavy atom. The molecule has 2 unspecified atom stereocenters. The van der Waals surface area contributed by atoms with Crippen LogP contribution in [0.5, 0.6) is 0 Å². The Labute approximate surface area is 121 Å². The van der Waals surface area contributed by atoms with Gasteiger partial charge in [0.25, 0.3) is 5.91 Å². The third-order valence-electron chi connectivity index (χ3n) is 3.91. The molecule has 1 aliphatic heterocycles. The van der Waals surface area contributed by atoms with Crippen LogP contribution in [0.1, 0.15) is 57.1 Å². The van der Waals surface area contributed by atoms with Crippen molar-refractivity contribution in [2.24, 2.45) is 5.92 Å². The van der Waals surface area contributed by atoms with Gasteiger partial charge >= 0.3 is 0 Å². The van der Waals surface area contributed by atoms with Crippen LogP contribution in [0.25, 0.3) is 0 Å². The predicted octanol–water partition coefficient (Wildman–Crippen LogP) is 2.83. The second-order valence-corrected chi connectivity index (χ2v) is 7.06. The van der Waals surface area contributed by atoms with Crippen molar-refractivity contribution >= 4 is 11.7 Å². The lowest BCUT2D eigenvalue weighted by Gasteiger charge is -2.23. The van der Waals surface area contributed by atoms with Crippen molar-refractivity contribution in [3.8, 4) is 0 Å². The van der Waals surface area contributed by atoms with E-state index in [2.05, 4.69) is 39.6 Å². The second-order valence-electron chi connectivity index (χ2n) is 7.06. The summed E-state index contributed by atoms with van der Waals surface area (Å²) in [4.78, 5) is 19.0. The minimum absolute atomic E-state index is 0.0708. The van der Waals surface area contributed by atoms with Crippen LogP contribution in [0.3, 0.4) is 0 Å². The summed E-state index contributed by atoms with van der Waals surface area (Å²) in [6, 6.07) is 3.87. The van der Waals surface area contributed by atoms with E-state index in [1.54, 1.807) is 6.07 Å². The van der Waals surface area contributed by atoms with Gasteiger partial charge in [0, 0.05) is 29.3 Å². The molecular weight excluding hydrogens is 250 g/mol. The van der Waals surface area contributed by atoms with Crippen molar-refractivity contribution in [3.63, 3.8) is 0 Å². The number of nitrogens with two attached hydrogens (primary N) is 1. The summed E-state index contributed by atoms with van der Waals surface area (Å²) in [6.07, 6.45) is 1.07. The van der Waals surface area contributed by atoms with Crippen LogP contribution in [-0.4, -0.2) is 28.4 Å². The van der Waals surface area contributed by atoms with Gasteiger partial charge in [-0.2, -0.15) is 0 Å². The molecule has 2 atom stereocenters. The molecule has 1 aliphatic rings. The van der Waals surface area contributed by atoms with Crippen LogP contribution < -0.4 is 5.73 Å². The lowest BCUT2D eigenvalue weighted by Crippen LogP contribution is -2.34. The van der Waals surface area contributed by atoms with Crippen molar-refractivity contribution in [2.75, 3.05) is 12.3 Å². The highest BCUT2D eigenvalue weighted by atomic mass is 16.2. The smallest absolute Gasteiger partial charge is 0.254 e. The number of hydrogen-bond donors (Lipinski definition) is 1. The molecule has 0 aromatic carbocycles. The largest absolute Gasteiger partial charge is 0.384 e. The highest BCUT2D eigenvalue weighted by Crippen LogP contribution is 2.27. The lowest BCUT2D eigenvalue weighted by molar-refractivity contribution is 0.0743. The zero-order valence-corrected chi connectivity index (χ0v) is 13.1. The summed E-state index contributed by atoms with van der Waals surface area (Å²) in [5.41, 5.74) is 7.27. The molecule has 4 heteroatoms. The Morgan fingerprint density at radius 1 is 1.35 bits per heavy atom. The van der Waals surface area contributed by atoms with Crippen molar-refractivity contribution in [2.45, 2.75) is 52.5 Å². The number of rotatable bonds is 1. The fourth-order valence-electron chi connectivity index (χ4n) is 2.81. The summed E-state index contributed by atoms with van der Waals surface area (Å²) in [5.74, 6) is 1.05. The molecule has 4 nitrogen and oxygen atoms in total. The molecule has 1 aromatic rings. The Bertz CT molecular complexity index is 519. The molecule has 1 amide bonds. The van der Waals surface area contributed by atoms with E-state index >= 15 is 0 Å². The van der Waals surface area contributed by atoms with Gasteiger partial charge in [-0.3, -0.25) is 4.79 Å². The standard InChI is InChI=1S/C16H25N3O/c1-10-6-11(2)19(9-10)15(20)12-7-13(16(3,4)5)18-14(17)8-12/h7-8,10-11H,6,9H2,1-5H3,(H2,17,18). The van der Waals surface area contributed by atoms with Crippen molar-refractivity contribution in [1.29, 1.82) is 0 Å². The van der Waals surface area contributed by atoms with Gasteiger partial charge in [-0.15, -0.1) is 0 Å². The topological polar surface area (TPSA) is 59.2 Å². The minimum atomic E-state index is -0.117. The number of hydrogen-bond acceptors (Lipinski definition) is 3. The summed E-state index contributed by atoms with van der Waals surface area (Å²) in [5, 5.41) is 0. The summed E-state index contributed by atoms with van der Waals surface area (Å²) >= 11 is 0. The van der Waals surface area contributed by atoms with Crippen LogP contribution in [-0.2, 0) is 5.41 Å². The van der Waals surface area contributed by atoms with Crippen molar-refractivity contribution in [1.82, 2.24) is 9.88 Å². The van der Waals surface area contributed by atoms with E-state index in [9.17, 15) is 4.79 Å². The van der Waals surface area contributed by atoms with Crippen LogP contribution >= 0.6 is 0 Å². The zero-order chi connectivity index (χ0) is 15.1. The fourth-order valence-corrected chi connectivity index (χ4v) is 2.81. The third kappa shape index (κ3) is 2.94. The predicted molar refractivity (Wildman–Crippen MR) is 81.6 cm³/mol. The SMILES string of the molecule is CC1CC(C)N(C(=O)c2cc(N)nc(C(C)(C)C)c2)C1. The third-order valence-corrected chi connectivity index (χ3v) is 3.91. The number of carbonyl (C=O) groups is 1. The quantitative estimate of drug-likeness (QED) is 0.857. The Hall–Kier alpha value is -1.58. The molecule has 110 valence electrons. The van der Waals surface area contributed by atoms with E-state index in [4.69, 9.17) is 5.73 Å². The zero-order valence-electron chi connectivity index (χ0n) is 13.1. The van der Waals surface area contributed by atoms with Crippen LogP contribution in [0.15, 0.2) is 12.1 Å². The molecule has 2 N–H and O–H groups in total. The first-order valence-electron chi connectivity index (χ1n) is 7.27. The van der Waals surface area contributed by atoms with E-state index in [1.165, 1.54) is 0 Å². The van der Waals surface area contributed by atoms with E-state index in [-0.39, 0.29) is 11.3 Å². The number of nitrogen functional groups attached to an aromatic ring is 1. The van der Waals surface area contributed by atoms with E-state index in [1.807, 2.05) is 11.0 Å². The molecule has 20 heavy (non-hydrogen) atoms. The van der Waals surface area contributed by atoms with Gasteiger partial charge < -0.3 is 10.6 Å². The summed E-state index contributed by atoms with van der Waals surface area (Å²) < 4.78 is 0. The summed E-state index contributed by atoms with van der Waals surface area (Å²) in [6.45, 7) is 11.3. The van der Waals surface area contributed by atoms with Gasteiger partial charge in [0.15, 0.2) is 0 Å². The van der Waals surface area contributed by atoms with Gasteiger partial charge in [0.05, 0.1) is 0 Å². The van der Waals surface area contributed by atoms with Crippen LogP contribution in [0, 0.1) is 5.92 Å². The Balaban J connectivity index is 2.33. The average Bonchev–Trinajstić information content (AvgIpc) is 2.65. The maximum absolute atomic E-state index is 12.7. The van der Waals surface area contributed by atoms with Gasteiger partial charge in [-0.1, -0.05) is 27.7 Å². The molecule has 1 aromatic heterocycles. The minimum Gasteiger partial charge on any atom is -0.384 e. The highest BCUT2D eigenvalue weighted by molar-refractivity contribution is 5.95. The number of carbonyl (C=O) groups excluding carboxylic acids is 1.